The molecule has 0 saturated heterocycles. The maximum Gasteiger partial charge on any atom is 0.271 e. The van der Waals surface area contributed by atoms with Crippen LogP contribution in [-0.2, 0) is 6.54 Å². The molecule has 1 amide bonds. The number of benzene rings is 1. The quantitative estimate of drug-likeness (QED) is 0.941. The highest BCUT2D eigenvalue weighted by molar-refractivity contribution is 6.30. The first-order valence-corrected chi connectivity index (χ1v) is 5.91. The summed E-state index contributed by atoms with van der Waals surface area (Å²) in [5, 5.41) is 3.53. The highest BCUT2D eigenvalue weighted by Gasteiger charge is 2.07. The summed E-state index contributed by atoms with van der Waals surface area (Å²) in [6, 6.07) is 7.25. The van der Waals surface area contributed by atoms with E-state index in [1.54, 1.807) is 12.1 Å². The number of hydrogen-bond donors (Lipinski definition) is 1. The van der Waals surface area contributed by atoms with E-state index in [9.17, 15) is 4.79 Å². The molecule has 92 valence electrons. The van der Waals surface area contributed by atoms with Crippen LogP contribution in [0.25, 0.3) is 0 Å². The molecule has 2 rings (SSSR count). The second kappa shape index (κ2) is 5.80. The number of carbonyl (C=O) groups excluding carboxylic acids is 1. The first-order valence-electron chi connectivity index (χ1n) is 5.15. The van der Waals surface area contributed by atoms with Crippen molar-refractivity contribution in [3.05, 3.63) is 58.1 Å². The van der Waals surface area contributed by atoms with E-state index in [0.717, 1.165) is 5.56 Å². The van der Waals surface area contributed by atoms with Gasteiger partial charge in [-0.25, -0.2) is 4.98 Å². The minimum absolute atomic E-state index is 0.185. The predicted molar refractivity (Wildman–Crippen MR) is 69.7 cm³/mol. The number of rotatable bonds is 3. The molecule has 4 nitrogen and oxygen atoms in total. The number of nitrogens with zero attached hydrogens (tertiary/aromatic N) is 2. The van der Waals surface area contributed by atoms with E-state index in [4.69, 9.17) is 23.2 Å². The van der Waals surface area contributed by atoms with Gasteiger partial charge in [-0.05, 0) is 17.7 Å². The fraction of sp³-hybridized carbons (Fsp3) is 0.0833. The van der Waals surface area contributed by atoms with Crippen molar-refractivity contribution in [2.45, 2.75) is 6.54 Å². The molecule has 0 spiro atoms. The number of halogens is 2. The summed E-state index contributed by atoms with van der Waals surface area (Å²) in [5.41, 5.74) is 1.09. The van der Waals surface area contributed by atoms with Crippen LogP contribution in [0, 0.1) is 0 Å². The zero-order valence-corrected chi connectivity index (χ0v) is 10.7. The minimum Gasteiger partial charge on any atom is -0.347 e. The molecule has 0 unspecified atom stereocenters. The Kier molecular flexibility index (Phi) is 4.12. The fourth-order valence-electron chi connectivity index (χ4n) is 1.37. The van der Waals surface area contributed by atoms with Crippen molar-refractivity contribution in [3.63, 3.8) is 0 Å². The molecule has 6 heteroatoms. The average molecular weight is 282 g/mol. The Bertz CT molecular complexity index is 575. The summed E-state index contributed by atoms with van der Waals surface area (Å²) in [4.78, 5) is 19.4. The van der Waals surface area contributed by atoms with Crippen molar-refractivity contribution < 1.29 is 4.79 Å². The van der Waals surface area contributed by atoms with Gasteiger partial charge in [0, 0.05) is 11.6 Å². The topological polar surface area (TPSA) is 54.9 Å². The molecular formula is C12H9Cl2N3O. The molecule has 18 heavy (non-hydrogen) atoms. The van der Waals surface area contributed by atoms with Crippen LogP contribution in [-0.4, -0.2) is 15.9 Å². The zero-order chi connectivity index (χ0) is 13.0. The highest BCUT2D eigenvalue weighted by atomic mass is 35.5. The van der Waals surface area contributed by atoms with Crippen molar-refractivity contribution in [1.29, 1.82) is 0 Å². The number of nitrogens with one attached hydrogen (secondary N) is 1. The Labute approximate surface area is 114 Å². The Balaban J connectivity index is 2.00. The summed E-state index contributed by atoms with van der Waals surface area (Å²) >= 11 is 11.5. The second-order valence-electron chi connectivity index (χ2n) is 3.54. The van der Waals surface area contributed by atoms with E-state index in [1.807, 2.05) is 12.1 Å². The molecule has 1 N–H and O–H groups in total. The largest absolute Gasteiger partial charge is 0.347 e. The lowest BCUT2D eigenvalue weighted by Crippen LogP contribution is -2.24. The maximum absolute atomic E-state index is 11.7. The van der Waals surface area contributed by atoms with Gasteiger partial charge in [-0.2, -0.15) is 0 Å². The zero-order valence-electron chi connectivity index (χ0n) is 9.23. The van der Waals surface area contributed by atoms with Gasteiger partial charge in [0.05, 0.1) is 12.4 Å². The predicted octanol–water partition coefficient (Wildman–Crippen LogP) is 2.71. The molecule has 0 atom stereocenters. The Morgan fingerprint density at radius 2 is 2.11 bits per heavy atom. The van der Waals surface area contributed by atoms with Gasteiger partial charge in [0.25, 0.3) is 5.91 Å². The van der Waals surface area contributed by atoms with Crippen molar-refractivity contribution in [3.8, 4) is 0 Å². The average Bonchev–Trinajstić information content (AvgIpc) is 2.36. The van der Waals surface area contributed by atoms with Crippen molar-refractivity contribution in [1.82, 2.24) is 15.3 Å². The van der Waals surface area contributed by atoms with E-state index in [1.165, 1.54) is 12.4 Å². The Hall–Kier alpha value is -1.65. The molecular weight excluding hydrogens is 273 g/mol. The fourth-order valence-corrected chi connectivity index (χ4v) is 1.73. The smallest absolute Gasteiger partial charge is 0.271 e. The first-order chi connectivity index (χ1) is 8.65. The third kappa shape index (κ3) is 3.42. The molecule has 0 saturated carbocycles. The van der Waals surface area contributed by atoms with Gasteiger partial charge < -0.3 is 5.32 Å². The van der Waals surface area contributed by atoms with Crippen molar-refractivity contribution >= 4 is 29.1 Å². The van der Waals surface area contributed by atoms with Crippen molar-refractivity contribution in [2.24, 2.45) is 0 Å². The Morgan fingerprint density at radius 1 is 1.28 bits per heavy atom. The standard InChI is InChI=1S/C12H9Cl2N3O/c13-9-3-1-2-8(4-9)5-16-12(18)10-6-15-7-11(14)17-10/h1-4,6-7H,5H2,(H,16,18). The molecule has 0 aliphatic heterocycles. The number of carbonyl (C=O) groups is 1. The molecule has 1 aromatic heterocycles. The van der Waals surface area contributed by atoms with Crippen LogP contribution >= 0.6 is 23.2 Å². The second-order valence-corrected chi connectivity index (χ2v) is 4.36. The van der Waals surface area contributed by atoms with Gasteiger partial charge in [0.1, 0.15) is 10.8 Å². The molecule has 1 heterocycles. The molecule has 0 radical (unpaired) electrons. The molecule has 1 aromatic carbocycles. The lowest BCUT2D eigenvalue weighted by atomic mass is 10.2. The number of amides is 1. The minimum atomic E-state index is -0.329. The van der Waals surface area contributed by atoms with E-state index >= 15 is 0 Å². The summed E-state index contributed by atoms with van der Waals surface area (Å²) in [5.74, 6) is -0.329. The van der Waals surface area contributed by atoms with Gasteiger partial charge in [0.2, 0.25) is 0 Å². The molecule has 0 fully saturated rings. The van der Waals surface area contributed by atoms with Crippen LogP contribution in [0.4, 0.5) is 0 Å². The molecule has 0 aliphatic rings. The van der Waals surface area contributed by atoms with Gasteiger partial charge in [0.15, 0.2) is 0 Å². The third-order valence-corrected chi connectivity index (χ3v) is 2.60. The normalized spacial score (nSPS) is 10.1. The number of aromatic nitrogens is 2. The van der Waals surface area contributed by atoms with E-state index in [0.29, 0.717) is 11.6 Å². The van der Waals surface area contributed by atoms with Crippen LogP contribution in [0.15, 0.2) is 36.7 Å². The lowest BCUT2D eigenvalue weighted by molar-refractivity contribution is 0.0945. The van der Waals surface area contributed by atoms with Gasteiger partial charge in [-0.15, -0.1) is 0 Å². The van der Waals surface area contributed by atoms with Gasteiger partial charge in [-0.1, -0.05) is 35.3 Å². The molecule has 0 bridgehead atoms. The highest BCUT2D eigenvalue weighted by Crippen LogP contribution is 2.10. The van der Waals surface area contributed by atoms with Crippen LogP contribution in [0.5, 0.6) is 0 Å². The summed E-state index contributed by atoms with van der Waals surface area (Å²) in [6.45, 7) is 0.369. The third-order valence-electron chi connectivity index (χ3n) is 2.18. The summed E-state index contributed by atoms with van der Waals surface area (Å²) < 4.78 is 0. The van der Waals surface area contributed by atoms with Crippen LogP contribution in [0.3, 0.4) is 0 Å². The van der Waals surface area contributed by atoms with Crippen LogP contribution in [0.1, 0.15) is 16.1 Å². The van der Waals surface area contributed by atoms with E-state index in [-0.39, 0.29) is 16.8 Å². The maximum atomic E-state index is 11.7. The summed E-state index contributed by atoms with van der Waals surface area (Å²) in [7, 11) is 0. The van der Waals surface area contributed by atoms with Crippen LogP contribution < -0.4 is 5.32 Å². The van der Waals surface area contributed by atoms with Crippen molar-refractivity contribution in [2.75, 3.05) is 0 Å². The molecule has 2 aromatic rings. The van der Waals surface area contributed by atoms with Gasteiger partial charge in [-0.3, -0.25) is 9.78 Å². The SMILES string of the molecule is O=C(NCc1cccc(Cl)c1)c1cncc(Cl)n1. The first kappa shape index (κ1) is 12.8. The lowest BCUT2D eigenvalue weighted by Gasteiger charge is -2.05. The van der Waals surface area contributed by atoms with Crippen LogP contribution in [0.2, 0.25) is 10.2 Å². The number of hydrogen-bond acceptors (Lipinski definition) is 3. The Morgan fingerprint density at radius 3 is 2.83 bits per heavy atom. The summed E-state index contributed by atoms with van der Waals surface area (Å²) in [6.07, 6.45) is 2.73. The van der Waals surface area contributed by atoms with E-state index in [2.05, 4.69) is 15.3 Å². The van der Waals surface area contributed by atoms with Gasteiger partial charge >= 0.3 is 0 Å². The molecule has 0 aliphatic carbocycles. The monoisotopic (exact) mass is 281 g/mol. The van der Waals surface area contributed by atoms with E-state index < -0.39 is 0 Å².